The number of carbonyl (C=O) groups excluding carboxylic acids is 2. The average molecular weight is 1920 g/mol. The molecule has 11 N–H and O–H groups in total. The minimum atomic E-state index is -0.183. The van der Waals surface area contributed by atoms with Crippen LogP contribution in [0.1, 0.15) is 35.3 Å². The van der Waals surface area contributed by atoms with Crippen molar-refractivity contribution in [2.45, 2.75) is 32.9 Å². The number of imidazole rings is 4. The predicted octanol–water partition coefficient (Wildman–Crippen LogP) is 24.2. The third-order valence-corrected chi connectivity index (χ3v) is 25.0. The molecule has 26 rings (SSSR count). The van der Waals surface area contributed by atoms with Gasteiger partial charge >= 0.3 is 0 Å². The summed E-state index contributed by atoms with van der Waals surface area (Å²) in [5.74, 6) is 2.50. The molecule has 30 heteroatoms. The summed E-state index contributed by atoms with van der Waals surface area (Å²) < 4.78 is 0. The Morgan fingerprint density at radius 3 is 0.973 bits per heavy atom. The molecule has 0 spiro atoms. The second kappa shape index (κ2) is 40.2. The number of benzene rings is 10. The Labute approximate surface area is 839 Å². The van der Waals surface area contributed by atoms with E-state index in [1.807, 2.05) is 261 Å². The summed E-state index contributed by atoms with van der Waals surface area (Å²) in [6.45, 7) is 5.07. The molecule has 30 nitrogen and oxygen atoms in total. The maximum atomic E-state index is 12.6. The molecule has 0 radical (unpaired) electrons. The van der Waals surface area contributed by atoms with Crippen molar-refractivity contribution in [2.24, 2.45) is 0 Å². The highest BCUT2D eigenvalue weighted by atomic mass is 16.2. The standard InChI is InChI=1S/C32H23N7O.C31H21N7O.2C27H23N7/c40-29(15-20-7-2-1-3-8-20)35-23-16-22(18-33-19-23)21-12-13-27-25(17-21)31(39-38-27)32-36-28-11-6-9-24(30(28)37-32)26-10-4-5-14-34-26;39-31(19-7-2-1-3-8-19)34-22-15-21(17-32-18-22)20-12-13-26-24(16-20)29(38-37-26)30-35-27-11-6-9-23(28(27)36-30)25-10-4-5-14-33-25;1-34(2)16-17-12-19(15-28-14-17)18-9-10-23-21(13-18)26(33-32-23)27-30-24-8-5-6-20(25(24)31-27)22-7-3-4-11-29-22;1-16(2)30-19-12-18(14-28-15-19)17-9-10-23-21(13-17)26(34-33-23)27-31-24-8-5-6-20(25(24)32-27)22-7-3-4-11-29-22/h1-14,16-19H,15H2,(H,35,40)(H,36,37)(H,38,39);1-18H,(H,34,39)(H,35,36)(H,37,38);3-15H,16H2,1-2H3,(H,30,31)(H,32,33);3-16,30H,1-2H3,(H,31,32)(H,33,34). The van der Waals surface area contributed by atoms with E-state index in [1.165, 1.54) is 5.56 Å². The molecular formula is C117H90N28O2. The second-order valence-electron chi connectivity index (χ2n) is 35.9. The first-order valence-electron chi connectivity index (χ1n) is 47.7. The highest BCUT2D eigenvalue weighted by Crippen LogP contribution is 2.41. The molecule has 147 heavy (non-hydrogen) atoms. The fourth-order valence-corrected chi connectivity index (χ4v) is 18.2. The predicted molar refractivity (Wildman–Crippen MR) is 580 cm³/mol. The van der Waals surface area contributed by atoms with E-state index in [9.17, 15) is 9.59 Å². The Morgan fingerprint density at radius 2 is 0.626 bits per heavy atom. The highest BCUT2D eigenvalue weighted by Gasteiger charge is 2.24. The summed E-state index contributed by atoms with van der Waals surface area (Å²) in [4.78, 5) is 96.4. The number of para-hydroxylation sites is 4. The highest BCUT2D eigenvalue weighted by molar-refractivity contribution is 6.06. The number of hydrogen-bond acceptors (Lipinski definition) is 20. The van der Waals surface area contributed by atoms with Crippen LogP contribution in [0.5, 0.6) is 0 Å². The van der Waals surface area contributed by atoms with Gasteiger partial charge in [0.15, 0.2) is 23.3 Å². The number of fused-ring (bicyclic) bond motifs is 8. The summed E-state index contributed by atoms with van der Waals surface area (Å²) in [5.41, 5.74) is 34.2. The van der Waals surface area contributed by atoms with Crippen LogP contribution in [0.2, 0.25) is 0 Å². The summed E-state index contributed by atoms with van der Waals surface area (Å²) in [5, 5.41) is 44.1. The zero-order valence-corrected chi connectivity index (χ0v) is 79.7. The van der Waals surface area contributed by atoms with Crippen molar-refractivity contribution in [1.82, 2.24) is 125 Å². The van der Waals surface area contributed by atoms with E-state index in [4.69, 9.17) is 19.9 Å². The first kappa shape index (κ1) is 90.7. The van der Waals surface area contributed by atoms with Gasteiger partial charge in [-0.3, -0.25) is 69.9 Å². The Hall–Kier alpha value is -20.1. The number of nitrogens with zero attached hydrogens (tertiary/aromatic N) is 17. The maximum Gasteiger partial charge on any atom is 0.255 e. The van der Waals surface area contributed by atoms with Crippen LogP contribution in [0.25, 0.3) is 223 Å². The summed E-state index contributed by atoms with van der Waals surface area (Å²) in [6.07, 6.45) is 21.9. The smallest absolute Gasteiger partial charge is 0.255 e. The first-order chi connectivity index (χ1) is 72.2. The van der Waals surface area contributed by atoms with E-state index in [0.29, 0.717) is 41.0 Å². The van der Waals surface area contributed by atoms with Crippen molar-refractivity contribution < 1.29 is 9.59 Å². The minimum absolute atomic E-state index is 0.0901. The van der Waals surface area contributed by atoms with Gasteiger partial charge in [-0.1, -0.05) is 146 Å². The topological polar surface area (TPSA) is 406 Å². The molecule has 0 aliphatic rings. The molecule has 16 heterocycles. The molecule has 2 amide bonds. The van der Waals surface area contributed by atoms with Crippen molar-refractivity contribution in [2.75, 3.05) is 30.0 Å². The van der Waals surface area contributed by atoms with Crippen molar-refractivity contribution >= 4 is 117 Å². The third kappa shape index (κ3) is 19.4. The number of hydrogen-bond donors (Lipinski definition) is 11. The van der Waals surface area contributed by atoms with Crippen LogP contribution in [0.3, 0.4) is 0 Å². The average Bonchev–Trinajstić information content (AvgIpc) is 1.63. The number of aromatic nitrogens is 24. The number of carbonyl (C=O) groups is 2. The Kier molecular flexibility index (Phi) is 24.8. The van der Waals surface area contributed by atoms with Gasteiger partial charge in [-0.05, 0) is 219 Å². The van der Waals surface area contributed by atoms with Crippen LogP contribution >= 0.6 is 0 Å². The van der Waals surface area contributed by atoms with Gasteiger partial charge in [0, 0.05) is 146 Å². The van der Waals surface area contributed by atoms with Crippen molar-refractivity contribution in [3.63, 3.8) is 0 Å². The van der Waals surface area contributed by atoms with Crippen molar-refractivity contribution in [1.29, 1.82) is 0 Å². The molecular weight excluding hydrogens is 1830 g/mol. The van der Waals surface area contributed by atoms with E-state index in [-0.39, 0.29) is 11.8 Å². The number of amides is 2. The number of rotatable bonds is 21. The maximum absolute atomic E-state index is 12.6. The number of H-pyrrole nitrogens is 8. The number of anilines is 3. The zero-order chi connectivity index (χ0) is 99.2. The molecule has 0 atom stereocenters. The molecule has 26 aromatic rings. The van der Waals surface area contributed by atoms with Gasteiger partial charge in [0.2, 0.25) is 5.91 Å². The number of nitrogens with one attached hydrogen (secondary N) is 11. The Bertz CT molecular complexity index is 9050. The largest absolute Gasteiger partial charge is 0.382 e. The van der Waals surface area contributed by atoms with Gasteiger partial charge in [0.05, 0.1) is 125 Å². The lowest BCUT2D eigenvalue weighted by molar-refractivity contribution is -0.115. The normalized spacial score (nSPS) is 11.4. The Morgan fingerprint density at radius 1 is 0.299 bits per heavy atom. The van der Waals surface area contributed by atoms with E-state index in [1.54, 1.807) is 61.7 Å². The van der Waals surface area contributed by atoms with Gasteiger partial charge in [0.25, 0.3) is 5.91 Å². The lowest BCUT2D eigenvalue weighted by Crippen LogP contribution is -2.14. The van der Waals surface area contributed by atoms with Crippen LogP contribution < -0.4 is 16.0 Å². The van der Waals surface area contributed by atoms with Crippen LogP contribution in [-0.2, 0) is 17.8 Å². The van der Waals surface area contributed by atoms with Gasteiger partial charge in [-0.15, -0.1) is 0 Å². The summed E-state index contributed by atoms with van der Waals surface area (Å²) in [6, 6.07) is 99.6. The van der Waals surface area contributed by atoms with Gasteiger partial charge in [0.1, 0.15) is 22.8 Å². The van der Waals surface area contributed by atoms with Gasteiger partial charge < -0.3 is 40.8 Å². The lowest BCUT2D eigenvalue weighted by Gasteiger charge is -2.11. The second-order valence-corrected chi connectivity index (χ2v) is 35.9. The molecule has 0 unspecified atom stereocenters. The van der Waals surface area contributed by atoms with Gasteiger partial charge in [-0.25, -0.2) is 19.9 Å². The van der Waals surface area contributed by atoms with E-state index >= 15 is 0 Å². The molecule has 10 aromatic carbocycles. The van der Waals surface area contributed by atoms with Crippen molar-refractivity contribution in [3.05, 3.63) is 394 Å². The van der Waals surface area contributed by atoms with Crippen LogP contribution in [0.4, 0.5) is 17.1 Å². The fourth-order valence-electron chi connectivity index (χ4n) is 18.2. The van der Waals surface area contributed by atoms with E-state index in [2.05, 4.69) is 204 Å². The first-order valence-corrected chi connectivity index (χ1v) is 47.7. The monoisotopic (exact) mass is 1920 g/mol. The molecule has 0 saturated heterocycles. The molecule has 0 fully saturated rings. The third-order valence-electron chi connectivity index (χ3n) is 25.0. The summed E-state index contributed by atoms with van der Waals surface area (Å²) in [7, 11) is 4.12. The molecule has 0 aliphatic heterocycles. The number of pyridine rings is 8. The summed E-state index contributed by atoms with van der Waals surface area (Å²) >= 11 is 0. The molecule has 16 aromatic heterocycles. The van der Waals surface area contributed by atoms with Crippen LogP contribution in [0, 0.1) is 0 Å². The zero-order valence-electron chi connectivity index (χ0n) is 79.7. The van der Waals surface area contributed by atoms with Crippen LogP contribution in [0.15, 0.2) is 378 Å². The molecule has 0 bridgehead atoms. The van der Waals surface area contributed by atoms with Crippen molar-refractivity contribution in [3.8, 4) is 136 Å². The van der Waals surface area contributed by atoms with Crippen LogP contribution in [-0.4, -0.2) is 157 Å². The Balaban J connectivity index is 0.000000108. The molecule has 0 aliphatic carbocycles. The fraction of sp³-hybridized carbons (Fsp3) is 0.0598. The van der Waals surface area contributed by atoms with Gasteiger partial charge in [-0.2, -0.15) is 20.4 Å². The minimum Gasteiger partial charge on any atom is -0.382 e. The number of aromatic amines is 8. The van der Waals surface area contributed by atoms with E-state index in [0.717, 1.165) is 230 Å². The molecule has 710 valence electrons. The SMILES string of the molecule is CC(C)Nc1cncc(-c2ccc3[nH]nc(-c4nc5c(-c6ccccn6)cccc5[nH]4)c3c2)c1.CN(C)Cc1cncc(-c2ccc3[nH]nc(-c4nc5c(-c6ccccn6)cccc5[nH]4)c3c2)c1.O=C(Cc1ccccc1)Nc1cncc(-c2ccc3[nH]nc(-c4nc5c(-c6ccccn6)cccc5[nH]4)c3c2)c1.O=C(Nc1cncc(-c2ccc3[nH]nc(-c4nc5c(-c6ccccn6)cccc5[nH]4)c3c2)c1)c1ccccc1. The van der Waals surface area contributed by atoms with E-state index < -0.39 is 0 Å². The quantitative estimate of drug-likeness (QED) is 0.0318. The lowest BCUT2D eigenvalue weighted by atomic mass is 10.0. The molecule has 0 saturated carbocycles.